The molecular formula is C17H25NO6. The molecule has 2 atom stereocenters. The third-order valence-corrected chi connectivity index (χ3v) is 3.15. The summed E-state index contributed by atoms with van der Waals surface area (Å²) in [4.78, 5) is 22.1. The Labute approximate surface area is 141 Å². The maximum absolute atomic E-state index is 11.5. The molecular weight excluding hydrogens is 314 g/mol. The highest BCUT2D eigenvalue weighted by atomic mass is 16.6. The first-order valence-corrected chi connectivity index (χ1v) is 7.72. The van der Waals surface area contributed by atoms with Crippen molar-refractivity contribution in [3.05, 3.63) is 35.4 Å². The monoisotopic (exact) mass is 339 g/mol. The van der Waals surface area contributed by atoms with Gasteiger partial charge in [-0.2, -0.15) is 0 Å². The van der Waals surface area contributed by atoms with Crippen molar-refractivity contribution in [1.29, 1.82) is 0 Å². The van der Waals surface area contributed by atoms with Gasteiger partial charge in [-0.1, -0.05) is 24.3 Å². The van der Waals surface area contributed by atoms with Crippen LogP contribution in [0.15, 0.2) is 24.3 Å². The topological polar surface area (TPSA) is 116 Å². The van der Waals surface area contributed by atoms with Crippen molar-refractivity contribution in [3.63, 3.8) is 0 Å². The molecule has 1 amide bonds. The number of carbonyl (C=O) groups is 2. The third kappa shape index (κ3) is 7.43. The minimum absolute atomic E-state index is 0.0985. The van der Waals surface area contributed by atoms with E-state index in [9.17, 15) is 19.8 Å². The van der Waals surface area contributed by atoms with E-state index in [1.807, 2.05) is 0 Å². The van der Waals surface area contributed by atoms with Gasteiger partial charge in [0.15, 0.2) is 0 Å². The predicted molar refractivity (Wildman–Crippen MR) is 87.6 cm³/mol. The fourth-order valence-corrected chi connectivity index (χ4v) is 2.02. The number of aliphatic hydroxyl groups is 2. The number of carboxylic acids is 1. The molecule has 1 aromatic carbocycles. The molecule has 7 nitrogen and oxygen atoms in total. The first kappa shape index (κ1) is 19.9. The van der Waals surface area contributed by atoms with Crippen LogP contribution in [0.3, 0.4) is 0 Å². The lowest BCUT2D eigenvalue weighted by atomic mass is 10.00. The van der Waals surface area contributed by atoms with E-state index in [-0.39, 0.29) is 19.4 Å². The van der Waals surface area contributed by atoms with E-state index in [0.717, 1.165) is 0 Å². The Hall–Kier alpha value is -2.12. The molecule has 0 saturated heterocycles. The standard InChI is InChI=1S/C17H25NO6/c1-17(2,3)24-16(23)18-9-8-13(19)15(22)12-6-4-11(5-7-12)10-14(20)21/h4-7,13,15,19,22H,8-10H2,1-3H3,(H,18,23)(H,20,21). The van der Waals surface area contributed by atoms with Gasteiger partial charge in [-0.25, -0.2) is 4.79 Å². The Bertz CT molecular complexity index is 549. The summed E-state index contributed by atoms with van der Waals surface area (Å²) in [5.41, 5.74) is 0.494. The average molecular weight is 339 g/mol. The summed E-state index contributed by atoms with van der Waals surface area (Å²) in [6.07, 6.45) is -2.72. The van der Waals surface area contributed by atoms with E-state index >= 15 is 0 Å². The molecule has 0 radical (unpaired) electrons. The summed E-state index contributed by atoms with van der Waals surface area (Å²) >= 11 is 0. The van der Waals surface area contributed by atoms with E-state index < -0.39 is 29.9 Å². The van der Waals surface area contributed by atoms with E-state index in [2.05, 4.69) is 5.32 Å². The fourth-order valence-electron chi connectivity index (χ4n) is 2.02. The van der Waals surface area contributed by atoms with Crippen LogP contribution in [0, 0.1) is 0 Å². The summed E-state index contributed by atoms with van der Waals surface area (Å²) in [6, 6.07) is 6.34. The Morgan fingerprint density at radius 3 is 2.25 bits per heavy atom. The number of nitrogens with one attached hydrogen (secondary N) is 1. The second-order valence-corrected chi connectivity index (χ2v) is 6.54. The number of rotatable bonds is 7. The van der Waals surface area contributed by atoms with Gasteiger partial charge in [0.2, 0.25) is 0 Å². The van der Waals surface area contributed by atoms with Crippen molar-refractivity contribution in [2.45, 2.75) is 51.4 Å². The highest BCUT2D eigenvalue weighted by molar-refractivity contribution is 5.70. The molecule has 0 aliphatic rings. The van der Waals surface area contributed by atoms with Crippen LogP contribution >= 0.6 is 0 Å². The van der Waals surface area contributed by atoms with Crippen molar-refractivity contribution in [3.8, 4) is 0 Å². The molecule has 0 heterocycles. The van der Waals surface area contributed by atoms with Gasteiger partial charge in [0.05, 0.1) is 12.5 Å². The lowest BCUT2D eigenvalue weighted by Gasteiger charge is -2.21. The van der Waals surface area contributed by atoms with Crippen molar-refractivity contribution < 1.29 is 29.6 Å². The minimum atomic E-state index is -1.12. The molecule has 0 aliphatic heterocycles. The van der Waals surface area contributed by atoms with E-state index in [4.69, 9.17) is 9.84 Å². The molecule has 7 heteroatoms. The van der Waals surface area contributed by atoms with Crippen molar-refractivity contribution in [1.82, 2.24) is 5.32 Å². The molecule has 1 aromatic rings. The van der Waals surface area contributed by atoms with Crippen LogP contribution < -0.4 is 5.32 Å². The number of hydrogen-bond acceptors (Lipinski definition) is 5. The lowest BCUT2D eigenvalue weighted by Crippen LogP contribution is -2.34. The Kier molecular flexibility index (Phi) is 7.18. The number of aliphatic hydroxyl groups excluding tert-OH is 2. The van der Waals surface area contributed by atoms with Gasteiger partial charge in [-0.3, -0.25) is 4.79 Å². The molecule has 0 bridgehead atoms. The first-order chi connectivity index (χ1) is 11.1. The molecule has 2 unspecified atom stereocenters. The van der Waals surface area contributed by atoms with Crippen LogP contribution in [-0.4, -0.2) is 45.6 Å². The largest absolute Gasteiger partial charge is 0.481 e. The number of carboxylic acid groups (broad SMARTS) is 1. The smallest absolute Gasteiger partial charge is 0.407 e. The van der Waals surface area contributed by atoms with Crippen LogP contribution in [0.5, 0.6) is 0 Å². The number of aliphatic carboxylic acids is 1. The zero-order valence-corrected chi connectivity index (χ0v) is 14.2. The SMILES string of the molecule is CC(C)(C)OC(=O)NCCC(O)C(O)c1ccc(CC(=O)O)cc1. The first-order valence-electron chi connectivity index (χ1n) is 7.72. The van der Waals surface area contributed by atoms with Crippen molar-refractivity contribution in [2.75, 3.05) is 6.54 Å². The summed E-state index contributed by atoms with van der Waals surface area (Å²) < 4.78 is 5.07. The summed E-state index contributed by atoms with van der Waals surface area (Å²) in [5.74, 6) is -0.934. The van der Waals surface area contributed by atoms with Crippen LogP contribution in [0.1, 0.15) is 44.4 Å². The van der Waals surface area contributed by atoms with Gasteiger partial charge in [-0.15, -0.1) is 0 Å². The maximum atomic E-state index is 11.5. The van der Waals surface area contributed by atoms with Gasteiger partial charge in [0.1, 0.15) is 11.7 Å². The highest BCUT2D eigenvalue weighted by Crippen LogP contribution is 2.19. The zero-order valence-electron chi connectivity index (χ0n) is 14.2. The van der Waals surface area contributed by atoms with Crippen molar-refractivity contribution >= 4 is 12.1 Å². The molecule has 24 heavy (non-hydrogen) atoms. The van der Waals surface area contributed by atoms with Crippen LogP contribution in [-0.2, 0) is 16.0 Å². The number of carbonyl (C=O) groups excluding carboxylic acids is 1. The third-order valence-electron chi connectivity index (χ3n) is 3.15. The van der Waals surface area contributed by atoms with E-state index in [1.54, 1.807) is 45.0 Å². The average Bonchev–Trinajstić information content (AvgIpc) is 2.44. The molecule has 0 aliphatic carbocycles. The Morgan fingerprint density at radius 2 is 1.75 bits per heavy atom. The van der Waals surface area contributed by atoms with Gasteiger partial charge in [0.25, 0.3) is 0 Å². The lowest BCUT2D eigenvalue weighted by molar-refractivity contribution is -0.136. The minimum Gasteiger partial charge on any atom is -0.481 e. The molecule has 1 rings (SSSR count). The number of ether oxygens (including phenoxy) is 1. The molecule has 0 aromatic heterocycles. The maximum Gasteiger partial charge on any atom is 0.407 e. The Morgan fingerprint density at radius 1 is 1.17 bits per heavy atom. The Balaban J connectivity index is 2.45. The molecule has 0 fully saturated rings. The fraction of sp³-hybridized carbons (Fsp3) is 0.529. The highest BCUT2D eigenvalue weighted by Gasteiger charge is 2.20. The second-order valence-electron chi connectivity index (χ2n) is 6.54. The predicted octanol–water partition coefficient (Wildman–Crippen LogP) is 1.62. The van der Waals surface area contributed by atoms with E-state index in [0.29, 0.717) is 11.1 Å². The van der Waals surface area contributed by atoms with Gasteiger partial charge in [0, 0.05) is 6.54 Å². The van der Waals surface area contributed by atoms with Crippen molar-refractivity contribution in [2.24, 2.45) is 0 Å². The van der Waals surface area contributed by atoms with Crippen LogP contribution in [0.2, 0.25) is 0 Å². The number of hydrogen-bond donors (Lipinski definition) is 4. The van der Waals surface area contributed by atoms with Gasteiger partial charge < -0.3 is 25.4 Å². The van der Waals surface area contributed by atoms with Crippen LogP contribution in [0.25, 0.3) is 0 Å². The molecule has 0 saturated carbocycles. The molecule has 134 valence electrons. The quantitative estimate of drug-likeness (QED) is 0.600. The number of alkyl carbamates (subject to hydrolysis) is 1. The zero-order chi connectivity index (χ0) is 18.3. The van der Waals surface area contributed by atoms with Gasteiger partial charge >= 0.3 is 12.1 Å². The van der Waals surface area contributed by atoms with Gasteiger partial charge in [-0.05, 0) is 38.3 Å². The van der Waals surface area contributed by atoms with E-state index in [1.165, 1.54) is 0 Å². The number of benzene rings is 1. The normalized spacial score (nSPS) is 13.9. The summed E-state index contributed by atoms with van der Waals surface area (Å²) in [5, 5.41) is 31.3. The summed E-state index contributed by atoms with van der Waals surface area (Å²) in [7, 11) is 0. The second kappa shape index (κ2) is 8.65. The molecule has 4 N–H and O–H groups in total. The van der Waals surface area contributed by atoms with Crippen LogP contribution in [0.4, 0.5) is 4.79 Å². The number of amides is 1. The molecule has 0 spiro atoms. The summed E-state index contributed by atoms with van der Waals surface area (Å²) in [6.45, 7) is 5.40.